The topological polar surface area (TPSA) is 132 Å². The van der Waals surface area contributed by atoms with Crippen molar-refractivity contribution >= 4 is 35.3 Å². The molecule has 4 aromatic rings. The molecule has 0 spiro atoms. The summed E-state index contributed by atoms with van der Waals surface area (Å²) in [5, 5.41) is 20.7. The van der Waals surface area contributed by atoms with E-state index in [-0.39, 0.29) is 17.5 Å². The predicted molar refractivity (Wildman–Crippen MR) is 139 cm³/mol. The zero-order valence-corrected chi connectivity index (χ0v) is 20.0. The van der Waals surface area contributed by atoms with Crippen molar-refractivity contribution < 1.29 is 13.9 Å². The van der Waals surface area contributed by atoms with Crippen LogP contribution in [0, 0.1) is 11.2 Å². The fourth-order valence-corrected chi connectivity index (χ4v) is 4.19. The number of ether oxygens (including phenoxy) is 1. The van der Waals surface area contributed by atoms with E-state index in [1.807, 2.05) is 6.92 Å². The molecule has 11 heteroatoms. The van der Waals surface area contributed by atoms with Gasteiger partial charge in [-0.3, -0.25) is 14.9 Å². The van der Waals surface area contributed by atoms with Crippen LogP contribution in [0.5, 0.6) is 0 Å². The Morgan fingerprint density at radius 3 is 2.84 bits per heavy atom. The van der Waals surface area contributed by atoms with Crippen LogP contribution in [0.25, 0.3) is 11.1 Å². The highest BCUT2D eigenvalue weighted by Crippen LogP contribution is 2.35. The van der Waals surface area contributed by atoms with Gasteiger partial charge in [0.25, 0.3) is 5.91 Å². The molecule has 5 rings (SSSR count). The number of hydrogen-bond acceptors (Lipinski definition) is 8. The minimum Gasteiger partial charge on any atom is -0.377 e. The Morgan fingerprint density at radius 1 is 1.24 bits per heavy atom. The van der Waals surface area contributed by atoms with E-state index in [4.69, 9.17) is 15.1 Å². The fourth-order valence-electron chi connectivity index (χ4n) is 4.19. The molecule has 0 unspecified atom stereocenters. The van der Waals surface area contributed by atoms with Crippen molar-refractivity contribution in [3.63, 3.8) is 0 Å². The Bertz CT molecular complexity index is 1410. The average molecular weight is 501 g/mol. The second kappa shape index (κ2) is 10.5. The van der Waals surface area contributed by atoms with E-state index in [9.17, 15) is 4.79 Å². The number of carbonyl (C=O) groups excluding carboxylic acids is 1. The Morgan fingerprint density at radius 2 is 2.14 bits per heavy atom. The number of morpholine rings is 1. The monoisotopic (exact) mass is 500 g/mol. The van der Waals surface area contributed by atoms with E-state index < -0.39 is 5.82 Å². The van der Waals surface area contributed by atoms with Gasteiger partial charge in [0.2, 0.25) is 0 Å². The molecular formula is C26H25FN8O2. The van der Waals surface area contributed by atoms with Crippen LogP contribution >= 0.6 is 0 Å². The summed E-state index contributed by atoms with van der Waals surface area (Å²) in [5.41, 5.74) is 1.84. The highest BCUT2D eigenvalue weighted by Gasteiger charge is 2.24. The van der Waals surface area contributed by atoms with Gasteiger partial charge in [-0.25, -0.2) is 9.37 Å². The number of H-pyrrole nitrogens is 1. The Balaban J connectivity index is 1.54. The first-order valence-electron chi connectivity index (χ1n) is 11.7. The zero-order chi connectivity index (χ0) is 25.8. The Labute approximate surface area is 212 Å². The maximum absolute atomic E-state index is 15.5. The van der Waals surface area contributed by atoms with Gasteiger partial charge < -0.3 is 25.7 Å². The second-order valence-electron chi connectivity index (χ2n) is 8.54. The van der Waals surface area contributed by atoms with E-state index >= 15 is 4.39 Å². The van der Waals surface area contributed by atoms with Crippen molar-refractivity contribution in [2.24, 2.45) is 0 Å². The minimum atomic E-state index is -0.549. The first-order valence-corrected chi connectivity index (χ1v) is 11.7. The molecule has 4 N–H and O–H groups in total. The van der Waals surface area contributed by atoms with E-state index in [0.29, 0.717) is 59.6 Å². The molecule has 1 atom stereocenters. The number of nitrogens with zero attached hydrogens (tertiary/aromatic N) is 4. The van der Waals surface area contributed by atoms with Crippen molar-refractivity contribution in [2.75, 3.05) is 35.3 Å². The maximum Gasteiger partial charge on any atom is 0.257 e. The zero-order valence-electron chi connectivity index (χ0n) is 20.0. The third-order valence-electron chi connectivity index (χ3n) is 6.05. The molecule has 10 nitrogen and oxygen atoms in total. The van der Waals surface area contributed by atoms with Crippen LogP contribution in [0.1, 0.15) is 22.8 Å². The van der Waals surface area contributed by atoms with Gasteiger partial charge in [-0.2, -0.15) is 5.10 Å². The number of hydrogen-bond donors (Lipinski definition) is 4. The molecule has 1 aliphatic rings. The molecule has 1 saturated heterocycles. The summed E-state index contributed by atoms with van der Waals surface area (Å²) in [6, 6.07) is 11.3. The van der Waals surface area contributed by atoms with Crippen LogP contribution in [-0.4, -0.2) is 58.1 Å². The molecule has 1 fully saturated rings. The summed E-state index contributed by atoms with van der Waals surface area (Å²) in [4.78, 5) is 23.3. The van der Waals surface area contributed by atoms with Crippen LogP contribution in [0.15, 0.2) is 61.1 Å². The standard InChI is InChI=1S/C26H25FN8O2/c1-16-15-37-10-9-35(16)24-12-20(21(13-28)25(33-24)32-23-6-8-30-34-23)19-5-4-18(11-22(19)27)31-26(36)17-3-2-7-29-14-17/h2-8,11-14,16,28H,9-10,15H2,1H3,(H,31,36)(H2,30,32,33,34)/t16-/m1/s1. The van der Waals surface area contributed by atoms with Crippen molar-refractivity contribution in [1.82, 2.24) is 20.2 Å². The van der Waals surface area contributed by atoms with E-state index in [1.165, 1.54) is 12.3 Å². The van der Waals surface area contributed by atoms with Gasteiger partial charge in [0, 0.05) is 53.6 Å². The van der Waals surface area contributed by atoms with Crippen molar-refractivity contribution in [2.45, 2.75) is 13.0 Å². The lowest BCUT2D eigenvalue weighted by molar-refractivity contribution is 0.0985. The minimum absolute atomic E-state index is 0.0647. The molecule has 1 aliphatic heterocycles. The molecule has 37 heavy (non-hydrogen) atoms. The van der Waals surface area contributed by atoms with Gasteiger partial charge in [0.1, 0.15) is 23.3 Å². The first kappa shape index (κ1) is 24.1. The number of amides is 1. The Hall–Kier alpha value is -4.64. The smallest absolute Gasteiger partial charge is 0.257 e. The summed E-state index contributed by atoms with van der Waals surface area (Å²) >= 11 is 0. The van der Waals surface area contributed by atoms with Crippen molar-refractivity contribution in [1.29, 1.82) is 5.41 Å². The molecule has 0 radical (unpaired) electrons. The normalized spacial score (nSPS) is 15.3. The van der Waals surface area contributed by atoms with Crippen LogP contribution in [-0.2, 0) is 4.74 Å². The number of nitrogens with one attached hydrogen (secondary N) is 4. The van der Waals surface area contributed by atoms with E-state index in [0.717, 1.165) is 6.21 Å². The highest BCUT2D eigenvalue weighted by atomic mass is 19.1. The first-order chi connectivity index (χ1) is 18.0. The summed E-state index contributed by atoms with van der Waals surface area (Å²) in [7, 11) is 0. The third-order valence-corrected chi connectivity index (χ3v) is 6.05. The van der Waals surface area contributed by atoms with Gasteiger partial charge >= 0.3 is 0 Å². The van der Waals surface area contributed by atoms with E-state index in [2.05, 4.69) is 30.7 Å². The summed E-state index contributed by atoms with van der Waals surface area (Å²) in [6.07, 6.45) is 5.75. The maximum atomic E-state index is 15.5. The molecule has 188 valence electrons. The van der Waals surface area contributed by atoms with Crippen molar-refractivity contribution in [3.8, 4) is 11.1 Å². The average Bonchev–Trinajstić information content (AvgIpc) is 3.42. The summed E-state index contributed by atoms with van der Waals surface area (Å²) < 4.78 is 21.1. The number of rotatable bonds is 7. The fraction of sp³-hybridized carbons (Fsp3) is 0.192. The van der Waals surface area contributed by atoms with Gasteiger partial charge in [0.15, 0.2) is 0 Å². The number of benzene rings is 1. The number of halogens is 1. The van der Waals surface area contributed by atoms with Gasteiger partial charge in [0.05, 0.1) is 31.0 Å². The number of pyridine rings is 2. The number of aromatic amines is 1. The van der Waals surface area contributed by atoms with Crippen LogP contribution in [0.2, 0.25) is 0 Å². The number of anilines is 4. The molecule has 1 aromatic carbocycles. The van der Waals surface area contributed by atoms with Gasteiger partial charge in [-0.1, -0.05) is 0 Å². The van der Waals surface area contributed by atoms with Gasteiger partial charge in [-0.15, -0.1) is 0 Å². The predicted octanol–water partition coefficient (Wildman–Crippen LogP) is 4.22. The molecular weight excluding hydrogens is 475 g/mol. The van der Waals surface area contributed by atoms with Crippen LogP contribution in [0.4, 0.5) is 27.5 Å². The number of aromatic nitrogens is 4. The molecule has 1 amide bonds. The SMILES string of the molecule is C[C@@H]1COCCN1c1cc(-c2ccc(NC(=O)c3cccnc3)cc2F)c(C=N)c(Nc2ccn[nH]2)n1. The molecule has 4 heterocycles. The lowest BCUT2D eigenvalue weighted by Crippen LogP contribution is -2.44. The highest BCUT2D eigenvalue weighted by molar-refractivity contribution is 6.04. The lowest BCUT2D eigenvalue weighted by Gasteiger charge is -2.35. The molecule has 0 bridgehead atoms. The largest absolute Gasteiger partial charge is 0.377 e. The Kier molecular flexibility index (Phi) is 6.86. The van der Waals surface area contributed by atoms with Crippen molar-refractivity contribution in [3.05, 3.63) is 78.0 Å². The molecule has 0 saturated carbocycles. The lowest BCUT2D eigenvalue weighted by atomic mass is 9.99. The quantitative estimate of drug-likeness (QED) is 0.279. The third kappa shape index (κ3) is 5.16. The van der Waals surface area contributed by atoms with Gasteiger partial charge in [-0.05, 0) is 43.3 Å². The van der Waals surface area contributed by atoms with Crippen LogP contribution in [0.3, 0.4) is 0 Å². The second-order valence-corrected chi connectivity index (χ2v) is 8.54. The molecule has 0 aliphatic carbocycles. The molecule has 3 aromatic heterocycles. The van der Waals surface area contributed by atoms with E-state index in [1.54, 1.807) is 48.8 Å². The summed E-state index contributed by atoms with van der Waals surface area (Å²) in [6.45, 7) is 3.76. The van der Waals surface area contributed by atoms with Crippen LogP contribution < -0.4 is 15.5 Å². The number of carbonyl (C=O) groups is 1. The summed E-state index contributed by atoms with van der Waals surface area (Å²) in [5.74, 6) is 0.666.